The molecule has 0 aliphatic rings. The van der Waals surface area contributed by atoms with Crippen LogP contribution in [-0.4, -0.2) is 21.6 Å². The molecule has 0 unspecified atom stereocenters. The molecular formula is C21H18Cl2N4O3. The van der Waals surface area contributed by atoms with E-state index in [4.69, 9.17) is 23.2 Å². The second-order valence-electron chi connectivity index (χ2n) is 6.37. The summed E-state index contributed by atoms with van der Waals surface area (Å²) in [4.78, 5) is 37.2. The summed E-state index contributed by atoms with van der Waals surface area (Å²) in [5.41, 5.74) is 5.07. The van der Waals surface area contributed by atoms with Crippen LogP contribution in [0.15, 0.2) is 53.3 Å². The van der Waals surface area contributed by atoms with Gasteiger partial charge in [0.05, 0.1) is 15.4 Å². The first-order chi connectivity index (χ1) is 14.4. The van der Waals surface area contributed by atoms with Gasteiger partial charge in [-0.25, -0.2) is 4.68 Å². The average molecular weight is 445 g/mol. The van der Waals surface area contributed by atoms with Crippen molar-refractivity contribution in [2.24, 2.45) is 0 Å². The molecule has 0 bridgehead atoms. The number of hydrogen-bond donors (Lipinski definition) is 2. The van der Waals surface area contributed by atoms with E-state index in [1.807, 2.05) is 6.92 Å². The van der Waals surface area contributed by atoms with Crippen LogP contribution in [0.4, 0.5) is 0 Å². The van der Waals surface area contributed by atoms with Crippen LogP contribution in [0.25, 0.3) is 16.8 Å². The van der Waals surface area contributed by atoms with Gasteiger partial charge >= 0.3 is 0 Å². The Hall–Kier alpha value is -3.16. The number of halogens is 2. The molecule has 0 aliphatic carbocycles. The largest absolute Gasteiger partial charge is 0.290 e. The lowest BCUT2D eigenvalue weighted by Gasteiger charge is -2.10. The van der Waals surface area contributed by atoms with Crippen molar-refractivity contribution >= 4 is 51.9 Å². The Kier molecular flexibility index (Phi) is 6.87. The number of carbonyl (C=O) groups is 2. The van der Waals surface area contributed by atoms with Crippen LogP contribution in [0.3, 0.4) is 0 Å². The lowest BCUT2D eigenvalue weighted by atomic mass is 10.1. The van der Waals surface area contributed by atoms with Gasteiger partial charge in [0, 0.05) is 18.0 Å². The molecule has 7 nitrogen and oxygen atoms in total. The smallest absolute Gasteiger partial charge is 0.268 e. The normalized spacial score (nSPS) is 11.0. The molecule has 2 amide bonds. The van der Waals surface area contributed by atoms with E-state index in [1.165, 1.54) is 16.8 Å². The molecule has 9 heteroatoms. The Morgan fingerprint density at radius 1 is 1.07 bits per heavy atom. The molecule has 3 rings (SSSR count). The van der Waals surface area contributed by atoms with Gasteiger partial charge in [-0.2, -0.15) is 5.10 Å². The van der Waals surface area contributed by atoms with Gasteiger partial charge < -0.3 is 0 Å². The second-order valence-corrected chi connectivity index (χ2v) is 7.19. The van der Waals surface area contributed by atoms with Gasteiger partial charge in [-0.3, -0.25) is 25.2 Å². The lowest BCUT2D eigenvalue weighted by molar-refractivity contribution is -0.117. The highest BCUT2D eigenvalue weighted by atomic mass is 35.5. The number of aromatic nitrogens is 2. The first kappa shape index (κ1) is 21.5. The summed E-state index contributed by atoms with van der Waals surface area (Å²) in [6.45, 7) is 2.28. The molecule has 0 aliphatic heterocycles. The third kappa shape index (κ3) is 4.87. The zero-order valence-corrected chi connectivity index (χ0v) is 17.5. The van der Waals surface area contributed by atoms with Gasteiger partial charge in [0.1, 0.15) is 0 Å². The van der Waals surface area contributed by atoms with E-state index in [0.29, 0.717) is 39.3 Å². The van der Waals surface area contributed by atoms with Crippen LogP contribution >= 0.6 is 23.2 Å². The number of nitrogens with one attached hydrogen (secondary N) is 2. The number of carbonyl (C=O) groups excluding carboxylic acids is 2. The molecule has 0 saturated carbocycles. The SMILES string of the molecule is CCCn1nc(C(=O)NNC(=O)/C=C/c2ccc(Cl)c(Cl)c2)c2ccccc2c1=O. The molecule has 30 heavy (non-hydrogen) atoms. The topological polar surface area (TPSA) is 93.1 Å². The Labute approximate surface area is 182 Å². The fourth-order valence-corrected chi connectivity index (χ4v) is 3.08. The fraction of sp³-hybridized carbons (Fsp3) is 0.143. The van der Waals surface area contributed by atoms with E-state index in [2.05, 4.69) is 16.0 Å². The molecule has 1 heterocycles. The van der Waals surface area contributed by atoms with Gasteiger partial charge in [-0.05, 0) is 36.3 Å². The van der Waals surface area contributed by atoms with Crippen LogP contribution in [0.1, 0.15) is 29.4 Å². The molecule has 1 aromatic heterocycles. The monoisotopic (exact) mass is 444 g/mol. The van der Waals surface area contributed by atoms with Crippen LogP contribution in [-0.2, 0) is 11.3 Å². The molecule has 0 fully saturated rings. The van der Waals surface area contributed by atoms with Crippen molar-refractivity contribution in [1.82, 2.24) is 20.6 Å². The highest BCUT2D eigenvalue weighted by Crippen LogP contribution is 2.23. The zero-order valence-electron chi connectivity index (χ0n) is 16.0. The van der Waals surface area contributed by atoms with Gasteiger partial charge in [-0.1, -0.05) is 54.4 Å². The summed E-state index contributed by atoms with van der Waals surface area (Å²) in [7, 11) is 0. The predicted molar refractivity (Wildman–Crippen MR) is 117 cm³/mol. The van der Waals surface area contributed by atoms with Crippen molar-refractivity contribution in [3.05, 3.63) is 80.2 Å². The zero-order chi connectivity index (χ0) is 21.7. The molecule has 2 N–H and O–H groups in total. The number of amides is 2. The molecular weight excluding hydrogens is 427 g/mol. The molecule has 0 spiro atoms. The third-order valence-corrected chi connectivity index (χ3v) is 4.93. The highest BCUT2D eigenvalue weighted by molar-refractivity contribution is 6.42. The van der Waals surface area contributed by atoms with E-state index in [9.17, 15) is 14.4 Å². The number of nitrogens with zero attached hydrogens (tertiary/aromatic N) is 2. The summed E-state index contributed by atoms with van der Waals surface area (Å²) in [6.07, 6.45) is 3.45. The number of benzene rings is 2. The second kappa shape index (κ2) is 9.56. The lowest BCUT2D eigenvalue weighted by Crippen LogP contribution is -2.42. The van der Waals surface area contributed by atoms with E-state index >= 15 is 0 Å². The number of fused-ring (bicyclic) bond motifs is 1. The first-order valence-corrected chi connectivity index (χ1v) is 9.89. The van der Waals surface area contributed by atoms with Crippen molar-refractivity contribution in [2.45, 2.75) is 19.9 Å². The van der Waals surface area contributed by atoms with Crippen LogP contribution < -0.4 is 16.4 Å². The molecule has 0 saturated heterocycles. The Morgan fingerprint density at radius 2 is 1.80 bits per heavy atom. The average Bonchev–Trinajstić information content (AvgIpc) is 2.75. The maximum absolute atomic E-state index is 12.6. The maximum atomic E-state index is 12.6. The van der Waals surface area contributed by atoms with Crippen LogP contribution in [0.2, 0.25) is 10.0 Å². The number of hydrogen-bond acceptors (Lipinski definition) is 4. The summed E-state index contributed by atoms with van der Waals surface area (Å²) in [6, 6.07) is 11.6. The van der Waals surface area contributed by atoms with Gasteiger partial charge in [0.2, 0.25) is 0 Å². The Morgan fingerprint density at radius 3 is 2.50 bits per heavy atom. The van der Waals surface area contributed by atoms with Crippen LogP contribution in [0.5, 0.6) is 0 Å². The van der Waals surface area contributed by atoms with Crippen LogP contribution in [0, 0.1) is 0 Å². The number of aryl methyl sites for hydroxylation is 1. The van der Waals surface area contributed by atoms with Crippen molar-refractivity contribution in [3.63, 3.8) is 0 Å². The van der Waals surface area contributed by atoms with E-state index in [1.54, 1.807) is 42.5 Å². The molecule has 0 atom stereocenters. The van der Waals surface area contributed by atoms with E-state index < -0.39 is 11.8 Å². The van der Waals surface area contributed by atoms with E-state index in [-0.39, 0.29) is 11.3 Å². The minimum Gasteiger partial charge on any atom is -0.268 e. The Balaban J connectivity index is 1.75. The van der Waals surface area contributed by atoms with Crippen molar-refractivity contribution in [1.29, 1.82) is 0 Å². The summed E-state index contributed by atoms with van der Waals surface area (Å²) < 4.78 is 1.25. The summed E-state index contributed by atoms with van der Waals surface area (Å²) in [5, 5.41) is 5.75. The first-order valence-electron chi connectivity index (χ1n) is 9.14. The quantitative estimate of drug-likeness (QED) is 0.464. The van der Waals surface area contributed by atoms with Crippen molar-refractivity contribution in [2.75, 3.05) is 0 Å². The molecule has 154 valence electrons. The summed E-state index contributed by atoms with van der Waals surface area (Å²) in [5.74, 6) is -1.19. The molecule has 3 aromatic rings. The highest BCUT2D eigenvalue weighted by Gasteiger charge is 2.16. The van der Waals surface area contributed by atoms with Gasteiger partial charge in [0.25, 0.3) is 17.4 Å². The van der Waals surface area contributed by atoms with E-state index in [0.717, 1.165) is 0 Å². The third-order valence-electron chi connectivity index (χ3n) is 4.19. The molecule has 2 aromatic carbocycles. The minimum absolute atomic E-state index is 0.0485. The Bertz CT molecular complexity index is 1200. The molecule has 0 radical (unpaired) electrons. The minimum atomic E-state index is -0.632. The number of hydrazine groups is 1. The van der Waals surface area contributed by atoms with Crippen molar-refractivity contribution in [3.8, 4) is 0 Å². The fourth-order valence-electron chi connectivity index (χ4n) is 2.77. The summed E-state index contributed by atoms with van der Waals surface area (Å²) >= 11 is 11.8. The van der Waals surface area contributed by atoms with Crippen molar-refractivity contribution < 1.29 is 9.59 Å². The standard InChI is InChI=1S/C21H18Cl2N4O3/c1-2-11-27-21(30)15-6-4-3-5-14(15)19(26-27)20(29)25-24-18(28)10-8-13-7-9-16(22)17(23)12-13/h3-10,12H,2,11H2,1H3,(H,24,28)(H,25,29)/b10-8+. The number of rotatable bonds is 5. The maximum Gasteiger partial charge on any atom is 0.290 e. The van der Waals surface area contributed by atoms with Gasteiger partial charge in [-0.15, -0.1) is 0 Å². The predicted octanol–water partition coefficient (Wildman–Crippen LogP) is 3.59. The van der Waals surface area contributed by atoms with Gasteiger partial charge in [0.15, 0.2) is 5.69 Å².